The summed E-state index contributed by atoms with van der Waals surface area (Å²) in [6.07, 6.45) is 0. The van der Waals surface area contributed by atoms with Gasteiger partial charge in [0.25, 0.3) is 11.4 Å². The third kappa shape index (κ3) is 2.78. The normalized spacial score (nSPS) is 10.6. The van der Waals surface area contributed by atoms with E-state index in [1.165, 1.54) is 0 Å². The standard InChI is InChI=1S/C22H16N2O2/c25-23-19(17-9-3-1-4-10-17)13-7-15-21(23)22-16-8-14-20(24(22)26)18-11-5-2-6-12-18/h1-16H. The Balaban J connectivity index is 1.87. The zero-order valence-electron chi connectivity index (χ0n) is 13.9. The number of rotatable bonds is 3. The molecule has 0 saturated carbocycles. The molecule has 26 heavy (non-hydrogen) atoms. The van der Waals surface area contributed by atoms with Crippen LogP contribution in [0, 0.1) is 10.4 Å². The van der Waals surface area contributed by atoms with Crippen molar-refractivity contribution < 1.29 is 9.46 Å². The SMILES string of the molecule is [O-][n+]1c(-c2ccccc2)cccc1-c1cccc(-c2ccccc2)[n+]1[O-]. The molecule has 2 aromatic heterocycles. The van der Waals surface area contributed by atoms with Gasteiger partial charge in [0.2, 0.25) is 11.4 Å². The summed E-state index contributed by atoms with van der Waals surface area (Å²) in [7, 11) is 0. The van der Waals surface area contributed by atoms with E-state index in [0.29, 0.717) is 22.8 Å². The lowest BCUT2D eigenvalue weighted by Crippen LogP contribution is -2.39. The Labute approximate surface area is 151 Å². The molecule has 0 N–H and O–H groups in total. The first-order chi connectivity index (χ1) is 12.8. The van der Waals surface area contributed by atoms with E-state index in [0.717, 1.165) is 20.6 Å². The lowest BCUT2D eigenvalue weighted by Gasteiger charge is -2.11. The molecule has 0 unspecified atom stereocenters. The molecule has 0 bridgehead atoms. The molecule has 0 aliphatic carbocycles. The van der Waals surface area contributed by atoms with Crippen molar-refractivity contribution in [3.05, 3.63) is 107 Å². The van der Waals surface area contributed by atoms with Crippen molar-refractivity contribution >= 4 is 0 Å². The zero-order chi connectivity index (χ0) is 17.9. The Morgan fingerprint density at radius 1 is 0.385 bits per heavy atom. The second-order valence-corrected chi connectivity index (χ2v) is 5.91. The van der Waals surface area contributed by atoms with Crippen molar-refractivity contribution in [3.8, 4) is 33.9 Å². The van der Waals surface area contributed by atoms with Crippen molar-refractivity contribution in [1.82, 2.24) is 0 Å². The second kappa shape index (κ2) is 6.69. The predicted molar refractivity (Wildman–Crippen MR) is 101 cm³/mol. The Morgan fingerprint density at radius 2 is 0.731 bits per heavy atom. The van der Waals surface area contributed by atoms with Gasteiger partial charge in [-0.1, -0.05) is 36.4 Å². The van der Waals surface area contributed by atoms with Crippen molar-refractivity contribution in [2.75, 3.05) is 0 Å². The van der Waals surface area contributed by atoms with Crippen LogP contribution in [0.15, 0.2) is 97.1 Å². The molecule has 4 heteroatoms. The van der Waals surface area contributed by atoms with Crippen LogP contribution < -0.4 is 9.46 Å². The Bertz CT molecular complexity index is 961. The maximum absolute atomic E-state index is 12.9. The van der Waals surface area contributed by atoms with Crippen molar-refractivity contribution in [1.29, 1.82) is 0 Å². The van der Waals surface area contributed by atoms with Gasteiger partial charge in [-0.2, -0.15) is 9.46 Å². The first kappa shape index (κ1) is 15.8. The molecular formula is C22H16N2O2. The molecule has 0 aliphatic rings. The highest BCUT2D eigenvalue weighted by molar-refractivity contribution is 5.61. The largest absolute Gasteiger partial charge is 0.618 e. The van der Waals surface area contributed by atoms with E-state index in [-0.39, 0.29) is 0 Å². The fourth-order valence-electron chi connectivity index (χ4n) is 3.01. The number of hydrogen-bond acceptors (Lipinski definition) is 2. The van der Waals surface area contributed by atoms with Gasteiger partial charge in [-0.15, -0.1) is 0 Å². The molecule has 0 spiro atoms. The highest BCUT2D eigenvalue weighted by atomic mass is 16.5. The van der Waals surface area contributed by atoms with Gasteiger partial charge in [0.1, 0.15) is 0 Å². The minimum atomic E-state index is 0.319. The van der Waals surface area contributed by atoms with Gasteiger partial charge >= 0.3 is 0 Å². The molecule has 4 rings (SSSR count). The molecule has 0 saturated heterocycles. The van der Waals surface area contributed by atoms with Crippen LogP contribution >= 0.6 is 0 Å². The summed E-state index contributed by atoms with van der Waals surface area (Å²) in [5, 5.41) is 25.9. The minimum absolute atomic E-state index is 0.319. The van der Waals surface area contributed by atoms with Gasteiger partial charge in [-0.3, -0.25) is 0 Å². The zero-order valence-corrected chi connectivity index (χ0v) is 13.9. The Kier molecular flexibility index (Phi) is 4.07. The molecule has 0 amide bonds. The third-order valence-corrected chi connectivity index (χ3v) is 4.29. The van der Waals surface area contributed by atoms with Crippen LogP contribution in [0.1, 0.15) is 0 Å². The summed E-state index contributed by atoms with van der Waals surface area (Å²) in [5.41, 5.74) is 3.27. The molecule has 0 radical (unpaired) electrons. The molecule has 126 valence electrons. The molecule has 2 aromatic carbocycles. The molecule has 0 atom stereocenters. The van der Waals surface area contributed by atoms with Gasteiger partial charge in [-0.05, 0) is 36.4 Å². The summed E-state index contributed by atoms with van der Waals surface area (Å²) >= 11 is 0. The fraction of sp³-hybridized carbons (Fsp3) is 0. The predicted octanol–water partition coefficient (Wildman–Crippen LogP) is 3.95. The van der Waals surface area contributed by atoms with Crippen LogP contribution in [0.3, 0.4) is 0 Å². The average molecular weight is 340 g/mol. The topological polar surface area (TPSA) is 53.9 Å². The fourth-order valence-corrected chi connectivity index (χ4v) is 3.01. The van der Waals surface area contributed by atoms with E-state index in [2.05, 4.69) is 0 Å². The van der Waals surface area contributed by atoms with Crippen LogP contribution in [-0.4, -0.2) is 0 Å². The Morgan fingerprint density at radius 3 is 1.12 bits per heavy atom. The second-order valence-electron chi connectivity index (χ2n) is 5.91. The van der Waals surface area contributed by atoms with Gasteiger partial charge in [0, 0.05) is 35.4 Å². The first-order valence-corrected chi connectivity index (χ1v) is 8.32. The van der Waals surface area contributed by atoms with Crippen molar-refractivity contribution in [2.24, 2.45) is 0 Å². The number of hydrogen-bond donors (Lipinski definition) is 0. The molecule has 4 aromatic rings. The molecular weight excluding hydrogens is 324 g/mol. The lowest BCUT2D eigenvalue weighted by atomic mass is 10.1. The summed E-state index contributed by atoms with van der Waals surface area (Å²) in [4.78, 5) is 0. The summed E-state index contributed by atoms with van der Waals surface area (Å²) in [5.74, 6) is 0. The van der Waals surface area contributed by atoms with Gasteiger partial charge in [0.05, 0.1) is 0 Å². The summed E-state index contributed by atoms with van der Waals surface area (Å²) < 4.78 is 1.63. The van der Waals surface area contributed by atoms with Crippen LogP contribution in [0.2, 0.25) is 0 Å². The maximum Gasteiger partial charge on any atom is 0.290 e. The van der Waals surface area contributed by atoms with E-state index >= 15 is 0 Å². The van der Waals surface area contributed by atoms with E-state index in [1.54, 1.807) is 36.4 Å². The van der Waals surface area contributed by atoms with Crippen molar-refractivity contribution in [2.45, 2.75) is 0 Å². The molecule has 0 aliphatic heterocycles. The monoisotopic (exact) mass is 340 g/mol. The molecule has 2 heterocycles. The molecule has 0 fully saturated rings. The smallest absolute Gasteiger partial charge is 0.290 e. The first-order valence-electron chi connectivity index (χ1n) is 8.32. The van der Waals surface area contributed by atoms with E-state index in [1.807, 2.05) is 60.7 Å². The van der Waals surface area contributed by atoms with Gasteiger partial charge < -0.3 is 10.4 Å². The minimum Gasteiger partial charge on any atom is -0.618 e. The van der Waals surface area contributed by atoms with Gasteiger partial charge in [0.15, 0.2) is 0 Å². The number of benzene rings is 2. The quantitative estimate of drug-likeness (QED) is 0.419. The van der Waals surface area contributed by atoms with Crippen LogP contribution in [-0.2, 0) is 0 Å². The van der Waals surface area contributed by atoms with Gasteiger partial charge in [-0.25, -0.2) is 0 Å². The molecule has 4 nitrogen and oxygen atoms in total. The number of pyridine rings is 2. The average Bonchev–Trinajstić information content (AvgIpc) is 2.70. The lowest BCUT2D eigenvalue weighted by molar-refractivity contribution is -0.614. The van der Waals surface area contributed by atoms with Crippen LogP contribution in [0.25, 0.3) is 33.9 Å². The van der Waals surface area contributed by atoms with E-state index in [9.17, 15) is 10.4 Å². The summed E-state index contributed by atoms with van der Waals surface area (Å²) in [6, 6.07) is 29.2. The summed E-state index contributed by atoms with van der Waals surface area (Å²) in [6.45, 7) is 0. The van der Waals surface area contributed by atoms with E-state index < -0.39 is 0 Å². The van der Waals surface area contributed by atoms with Crippen LogP contribution in [0.4, 0.5) is 0 Å². The van der Waals surface area contributed by atoms with E-state index in [4.69, 9.17) is 0 Å². The number of aromatic nitrogens is 2. The number of nitrogens with zero attached hydrogens (tertiary/aromatic N) is 2. The highest BCUT2D eigenvalue weighted by Gasteiger charge is 2.23. The van der Waals surface area contributed by atoms with Crippen molar-refractivity contribution in [3.63, 3.8) is 0 Å². The third-order valence-electron chi connectivity index (χ3n) is 4.29. The maximum atomic E-state index is 12.9. The highest BCUT2D eigenvalue weighted by Crippen LogP contribution is 2.21. The van der Waals surface area contributed by atoms with Crippen LogP contribution in [0.5, 0.6) is 0 Å². The Hall–Kier alpha value is -3.66.